The van der Waals surface area contributed by atoms with Gasteiger partial charge in [-0.2, -0.15) is 0 Å². The van der Waals surface area contributed by atoms with Crippen LogP contribution in [0.2, 0.25) is 0 Å². The Bertz CT molecular complexity index is 460. The summed E-state index contributed by atoms with van der Waals surface area (Å²) in [5.74, 6) is 1.00. The van der Waals surface area contributed by atoms with Crippen molar-refractivity contribution in [2.75, 3.05) is 6.61 Å². The van der Waals surface area contributed by atoms with E-state index in [1.165, 1.54) is 49.7 Å². The lowest BCUT2D eigenvalue weighted by atomic mass is 9.83. The summed E-state index contributed by atoms with van der Waals surface area (Å²) >= 11 is 0. The van der Waals surface area contributed by atoms with E-state index in [1.807, 2.05) is 0 Å². The summed E-state index contributed by atoms with van der Waals surface area (Å²) in [6, 6.07) is 6.37. The number of hydrogen-bond donors (Lipinski definition) is 0. The quantitative estimate of drug-likeness (QED) is 0.804. The molecule has 1 aromatic carbocycles. The van der Waals surface area contributed by atoms with Crippen LogP contribution in [0.15, 0.2) is 18.2 Å². The van der Waals surface area contributed by atoms with E-state index < -0.39 is 0 Å². The van der Waals surface area contributed by atoms with Gasteiger partial charge >= 0.3 is 0 Å². The predicted molar refractivity (Wildman–Crippen MR) is 81.3 cm³/mol. The van der Waals surface area contributed by atoms with Gasteiger partial charge in [-0.25, -0.2) is 0 Å². The Hall–Kier alpha value is -1.02. The molecule has 1 aliphatic carbocycles. The maximum absolute atomic E-state index is 6.35. The first-order valence-corrected chi connectivity index (χ1v) is 8.05. The third-order valence-corrected chi connectivity index (χ3v) is 4.86. The summed E-state index contributed by atoms with van der Waals surface area (Å²) in [5, 5.41) is 0. The van der Waals surface area contributed by atoms with Crippen LogP contribution in [-0.4, -0.2) is 18.3 Å². The van der Waals surface area contributed by atoms with Crippen molar-refractivity contribution < 1.29 is 9.47 Å². The average Bonchev–Trinajstić information content (AvgIpc) is 2.82. The number of benzene rings is 1. The fraction of sp³-hybridized carbons (Fsp3) is 0.667. The highest BCUT2D eigenvalue weighted by atomic mass is 16.6. The number of rotatable bonds is 3. The van der Waals surface area contributed by atoms with Crippen molar-refractivity contribution in [2.24, 2.45) is 0 Å². The fourth-order valence-corrected chi connectivity index (χ4v) is 3.72. The minimum atomic E-state index is 0.203. The van der Waals surface area contributed by atoms with Gasteiger partial charge in [0, 0.05) is 0 Å². The molecule has 0 aromatic heterocycles. The maximum Gasteiger partial charge on any atom is 0.122 e. The van der Waals surface area contributed by atoms with Gasteiger partial charge in [0.2, 0.25) is 0 Å². The van der Waals surface area contributed by atoms with Crippen LogP contribution >= 0.6 is 0 Å². The van der Waals surface area contributed by atoms with Gasteiger partial charge in [0.1, 0.15) is 12.4 Å². The summed E-state index contributed by atoms with van der Waals surface area (Å²) in [6.45, 7) is 4.93. The zero-order chi connectivity index (χ0) is 14.0. The molecule has 2 aliphatic rings. The zero-order valence-electron chi connectivity index (χ0n) is 12.8. The molecular weight excluding hydrogens is 248 g/mol. The van der Waals surface area contributed by atoms with Crippen molar-refractivity contribution in [1.29, 1.82) is 0 Å². The van der Waals surface area contributed by atoms with Crippen LogP contribution in [0.25, 0.3) is 0 Å². The Kier molecular flexibility index (Phi) is 4.02. The van der Waals surface area contributed by atoms with Crippen LogP contribution in [0, 0.1) is 13.8 Å². The molecule has 0 amide bonds. The first-order valence-electron chi connectivity index (χ1n) is 8.05. The largest absolute Gasteiger partial charge is 0.491 e. The molecule has 0 N–H and O–H groups in total. The zero-order valence-corrected chi connectivity index (χ0v) is 12.8. The molecule has 0 radical (unpaired) electrons. The van der Waals surface area contributed by atoms with E-state index in [2.05, 4.69) is 32.0 Å². The van der Waals surface area contributed by atoms with Crippen molar-refractivity contribution >= 4 is 0 Å². The molecule has 3 rings (SSSR count). The Morgan fingerprint density at radius 1 is 1.15 bits per heavy atom. The van der Waals surface area contributed by atoms with Gasteiger partial charge in [-0.05, 0) is 51.2 Å². The van der Waals surface area contributed by atoms with Gasteiger partial charge < -0.3 is 9.47 Å². The third-order valence-electron chi connectivity index (χ3n) is 4.86. The van der Waals surface area contributed by atoms with Crippen molar-refractivity contribution in [1.82, 2.24) is 0 Å². The molecule has 2 nitrogen and oxygen atoms in total. The summed E-state index contributed by atoms with van der Waals surface area (Å²) in [6.07, 6.45) is 9.25. The molecule has 1 heterocycles. The second kappa shape index (κ2) is 5.77. The molecule has 1 unspecified atom stereocenters. The molecule has 2 heteroatoms. The van der Waals surface area contributed by atoms with Crippen LogP contribution in [0.3, 0.4) is 0 Å². The average molecular weight is 274 g/mol. The lowest BCUT2D eigenvalue weighted by molar-refractivity contribution is -0.0749. The monoisotopic (exact) mass is 274 g/mol. The second-order valence-corrected chi connectivity index (χ2v) is 6.60. The van der Waals surface area contributed by atoms with E-state index in [4.69, 9.17) is 9.47 Å². The molecule has 2 fully saturated rings. The molecule has 1 saturated heterocycles. The fourth-order valence-electron chi connectivity index (χ4n) is 3.72. The molecule has 1 aromatic rings. The summed E-state index contributed by atoms with van der Waals surface area (Å²) in [5.41, 5.74) is 2.71. The molecule has 1 atom stereocenters. The van der Waals surface area contributed by atoms with Gasteiger partial charge in [0.05, 0.1) is 11.7 Å². The van der Waals surface area contributed by atoms with Gasteiger partial charge in [-0.3, -0.25) is 0 Å². The van der Waals surface area contributed by atoms with Crippen LogP contribution < -0.4 is 4.74 Å². The molecule has 1 aliphatic heterocycles. The molecule has 0 bridgehead atoms. The minimum absolute atomic E-state index is 0.203. The standard InChI is InChI=1S/C18H26O2/c1-14-6-7-17(15(2)12-14)19-13-16-8-11-18(20-16)9-4-3-5-10-18/h6-7,12,16H,3-5,8-11,13H2,1-2H3. The first-order chi connectivity index (χ1) is 9.67. The molecule has 1 saturated carbocycles. The smallest absolute Gasteiger partial charge is 0.122 e. The van der Waals surface area contributed by atoms with Gasteiger partial charge in [-0.1, -0.05) is 37.0 Å². The number of aryl methyl sites for hydroxylation is 2. The topological polar surface area (TPSA) is 18.5 Å². The SMILES string of the molecule is Cc1ccc(OCC2CCC3(CCCCC3)O2)c(C)c1. The van der Waals surface area contributed by atoms with Crippen LogP contribution in [0.1, 0.15) is 56.1 Å². The highest BCUT2D eigenvalue weighted by Crippen LogP contribution is 2.42. The first kappa shape index (κ1) is 13.9. The van der Waals surface area contributed by atoms with Crippen molar-refractivity contribution in [3.05, 3.63) is 29.3 Å². The number of hydrogen-bond acceptors (Lipinski definition) is 2. The van der Waals surface area contributed by atoms with Gasteiger partial charge in [0.15, 0.2) is 0 Å². The summed E-state index contributed by atoms with van der Waals surface area (Å²) in [4.78, 5) is 0. The predicted octanol–water partition coefficient (Wildman–Crippen LogP) is 4.56. The van der Waals surface area contributed by atoms with Crippen LogP contribution in [0.5, 0.6) is 5.75 Å². The van der Waals surface area contributed by atoms with Crippen LogP contribution in [-0.2, 0) is 4.74 Å². The van der Waals surface area contributed by atoms with Crippen molar-refractivity contribution in [3.63, 3.8) is 0 Å². The van der Waals surface area contributed by atoms with E-state index >= 15 is 0 Å². The normalized spacial score (nSPS) is 25.0. The number of ether oxygens (including phenoxy) is 2. The van der Waals surface area contributed by atoms with E-state index in [1.54, 1.807) is 0 Å². The van der Waals surface area contributed by atoms with E-state index in [-0.39, 0.29) is 11.7 Å². The Morgan fingerprint density at radius 3 is 2.70 bits per heavy atom. The Morgan fingerprint density at radius 2 is 1.95 bits per heavy atom. The lowest BCUT2D eigenvalue weighted by Gasteiger charge is -2.33. The lowest BCUT2D eigenvalue weighted by Crippen LogP contribution is -2.32. The van der Waals surface area contributed by atoms with Gasteiger partial charge in [-0.15, -0.1) is 0 Å². The van der Waals surface area contributed by atoms with Crippen molar-refractivity contribution in [3.8, 4) is 5.75 Å². The highest BCUT2D eigenvalue weighted by molar-refractivity contribution is 5.35. The summed E-state index contributed by atoms with van der Waals surface area (Å²) < 4.78 is 12.3. The van der Waals surface area contributed by atoms with E-state index in [0.717, 1.165) is 12.2 Å². The maximum atomic E-state index is 6.35. The van der Waals surface area contributed by atoms with Crippen molar-refractivity contribution in [2.45, 2.75) is 70.5 Å². The highest BCUT2D eigenvalue weighted by Gasteiger charge is 2.40. The Labute approximate surface area is 122 Å². The van der Waals surface area contributed by atoms with E-state index in [9.17, 15) is 0 Å². The van der Waals surface area contributed by atoms with E-state index in [0.29, 0.717) is 6.61 Å². The molecule has 110 valence electrons. The van der Waals surface area contributed by atoms with Gasteiger partial charge in [0.25, 0.3) is 0 Å². The van der Waals surface area contributed by atoms with Crippen LogP contribution in [0.4, 0.5) is 0 Å². The Balaban J connectivity index is 1.54. The minimum Gasteiger partial charge on any atom is -0.491 e. The molecular formula is C18H26O2. The third kappa shape index (κ3) is 3.01. The summed E-state index contributed by atoms with van der Waals surface area (Å²) in [7, 11) is 0. The molecule has 1 spiro atoms. The second-order valence-electron chi connectivity index (χ2n) is 6.60. The molecule has 20 heavy (non-hydrogen) atoms.